The molecule has 12 heteroatoms. The SMILES string of the molecule is COc1c(O)ccc2c1-c1ccc3ccc(O)cc3c1CSSC[C@@H](O)CC[C@@H](O[C@H](NC1CCCCC1)c1ccc(NCC(C)=O)c(CO)c1)CC(=O)CC2. The summed E-state index contributed by atoms with van der Waals surface area (Å²) in [5.41, 5.74) is 5.53. The Labute approximate surface area is 337 Å². The van der Waals surface area contributed by atoms with Crippen molar-refractivity contribution < 1.29 is 39.5 Å². The standard InChI is InChI=1S/C44H54N2O8S2/c1-27(48)23-45-40-18-11-30(20-31(40)24-47)44(46-32-6-4-3-5-7-32)54-36-16-15-35(51)25-55-56-26-39-37(17-10-28-8-13-34(50)22-38(28)39)42-29(9-14-33(49)21-36)12-19-41(52)43(42)53-2/h8,10-13,17-20,22,32,35-36,44-47,50-52H,3-7,9,14-16,21,23-26H2,1-2H3/t35-,36+,44-/m0/s1. The monoisotopic (exact) mass is 802 g/mol. The number of aliphatic hydroxyl groups is 2. The number of hydrogen-bond acceptors (Lipinski definition) is 12. The smallest absolute Gasteiger partial charge is 0.168 e. The van der Waals surface area contributed by atoms with Crippen molar-refractivity contribution in [2.24, 2.45) is 0 Å². The Morgan fingerprint density at radius 3 is 2.52 bits per heavy atom. The zero-order valence-corrected chi connectivity index (χ0v) is 33.9. The van der Waals surface area contributed by atoms with E-state index in [-0.39, 0.29) is 55.1 Å². The van der Waals surface area contributed by atoms with E-state index in [9.17, 15) is 30.0 Å². The second kappa shape index (κ2) is 20.1. The molecular weight excluding hydrogens is 749 g/mol. The van der Waals surface area contributed by atoms with E-state index in [0.717, 1.165) is 58.7 Å². The number of rotatable bonds is 10. The fourth-order valence-corrected chi connectivity index (χ4v) is 10.1. The molecule has 0 unspecified atom stereocenters. The van der Waals surface area contributed by atoms with Gasteiger partial charge in [0.15, 0.2) is 11.5 Å². The average Bonchev–Trinajstić information content (AvgIpc) is 3.19. The first-order valence-electron chi connectivity index (χ1n) is 19.6. The number of ether oxygens (including phenoxy) is 2. The van der Waals surface area contributed by atoms with Gasteiger partial charge >= 0.3 is 0 Å². The number of hydrogen-bond donors (Lipinski definition) is 6. The van der Waals surface area contributed by atoms with Gasteiger partial charge in [-0.2, -0.15) is 0 Å². The molecule has 4 aromatic carbocycles. The largest absolute Gasteiger partial charge is 0.508 e. The predicted octanol–water partition coefficient (Wildman–Crippen LogP) is 8.35. The second-order valence-corrected chi connectivity index (χ2v) is 17.4. The summed E-state index contributed by atoms with van der Waals surface area (Å²) < 4.78 is 12.7. The summed E-state index contributed by atoms with van der Waals surface area (Å²) in [6, 6.07) is 18.7. The predicted molar refractivity (Wildman–Crippen MR) is 225 cm³/mol. The third kappa shape index (κ3) is 10.8. The highest BCUT2D eigenvalue weighted by atomic mass is 33.1. The van der Waals surface area contributed by atoms with E-state index >= 15 is 0 Å². The van der Waals surface area contributed by atoms with Gasteiger partial charge in [-0.05, 0) is 102 Å². The number of aryl methyl sites for hydroxylation is 1. The highest BCUT2D eigenvalue weighted by Gasteiger charge is 2.27. The quantitative estimate of drug-likeness (QED) is 0.0674. The lowest BCUT2D eigenvalue weighted by atomic mass is 9.89. The van der Waals surface area contributed by atoms with Gasteiger partial charge in [0.2, 0.25) is 0 Å². The molecule has 0 aromatic heterocycles. The summed E-state index contributed by atoms with van der Waals surface area (Å²) in [7, 11) is 4.71. The maximum absolute atomic E-state index is 14.0. The molecule has 4 aromatic rings. The number of Topliss-reactive ketones (excluding diaryl/α,β-unsaturated/α-hetero) is 2. The van der Waals surface area contributed by atoms with Gasteiger partial charge < -0.3 is 35.2 Å². The molecular formula is C44H54N2O8S2. The Bertz CT molecular complexity index is 1980. The minimum absolute atomic E-state index is 0.00363. The van der Waals surface area contributed by atoms with E-state index in [1.807, 2.05) is 42.5 Å². The summed E-state index contributed by atoms with van der Waals surface area (Å²) in [5.74, 6) is 1.50. The minimum atomic E-state index is -0.632. The molecule has 1 heterocycles. The number of fused-ring (bicyclic) bond motifs is 5. The molecule has 0 saturated heterocycles. The van der Waals surface area contributed by atoms with Crippen LogP contribution in [0.1, 0.15) is 93.2 Å². The molecule has 0 spiro atoms. The summed E-state index contributed by atoms with van der Waals surface area (Å²) in [6.07, 6.45) is 5.47. The summed E-state index contributed by atoms with van der Waals surface area (Å²) >= 11 is 0. The third-order valence-corrected chi connectivity index (χ3v) is 13.1. The number of methoxy groups -OCH3 is 1. The Balaban J connectivity index is 1.31. The van der Waals surface area contributed by atoms with Crippen LogP contribution in [-0.2, 0) is 33.1 Å². The number of benzene rings is 4. The zero-order chi connectivity index (χ0) is 39.6. The average molecular weight is 803 g/mol. The number of ketones is 2. The Kier molecular flexibility index (Phi) is 15.0. The number of aliphatic hydroxyl groups excluding tert-OH is 2. The lowest BCUT2D eigenvalue weighted by molar-refractivity contribution is -0.124. The zero-order valence-electron chi connectivity index (χ0n) is 32.2. The van der Waals surface area contributed by atoms with Crippen LogP contribution in [0.25, 0.3) is 21.9 Å². The molecule has 6 rings (SSSR count). The van der Waals surface area contributed by atoms with Gasteiger partial charge in [0.1, 0.15) is 23.5 Å². The minimum Gasteiger partial charge on any atom is -0.508 e. The van der Waals surface area contributed by atoms with E-state index in [4.69, 9.17) is 9.47 Å². The Morgan fingerprint density at radius 1 is 0.946 bits per heavy atom. The van der Waals surface area contributed by atoms with Crippen LogP contribution in [0, 0.1) is 0 Å². The van der Waals surface area contributed by atoms with Crippen molar-refractivity contribution in [2.75, 3.05) is 24.7 Å². The maximum Gasteiger partial charge on any atom is 0.168 e. The topological polar surface area (TPSA) is 158 Å². The molecule has 0 bridgehead atoms. The number of carbonyl (C=O) groups excluding carboxylic acids is 2. The van der Waals surface area contributed by atoms with Gasteiger partial charge in [-0.3, -0.25) is 14.9 Å². The van der Waals surface area contributed by atoms with E-state index in [1.54, 1.807) is 39.8 Å². The first-order chi connectivity index (χ1) is 27.1. The first kappa shape index (κ1) is 41.8. The Hall–Kier alpha value is -3.78. The second-order valence-electron chi connectivity index (χ2n) is 14.9. The normalized spacial score (nSPS) is 19.5. The van der Waals surface area contributed by atoms with Crippen LogP contribution in [-0.4, -0.2) is 69.6 Å². The van der Waals surface area contributed by atoms with Gasteiger partial charge in [-0.1, -0.05) is 71.2 Å². The van der Waals surface area contributed by atoms with Crippen LogP contribution < -0.4 is 15.4 Å². The Morgan fingerprint density at radius 2 is 1.75 bits per heavy atom. The van der Waals surface area contributed by atoms with Crippen LogP contribution in [0.15, 0.2) is 60.7 Å². The van der Waals surface area contributed by atoms with Crippen molar-refractivity contribution in [1.82, 2.24) is 5.32 Å². The van der Waals surface area contributed by atoms with Gasteiger partial charge in [0, 0.05) is 47.2 Å². The van der Waals surface area contributed by atoms with Gasteiger partial charge in [0.25, 0.3) is 0 Å². The van der Waals surface area contributed by atoms with Crippen molar-refractivity contribution in [2.45, 2.75) is 108 Å². The molecule has 300 valence electrons. The van der Waals surface area contributed by atoms with Crippen LogP contribution in [0.2, 0.25) is 0 Å². The van der Waals surface area contributed by atoms with Gasteiger partial charge in [-0.25, -0.2) is 0 Å². The van der Waals surface area contributed by atoms with Crippen molar-refractivity contribution >= 4 is 49.6 Å². The number of carbonyl (C=O) groups is 2. The molecule has 56 heavy (non-hydrogen) atoms. The molecule has 3 atom stereocenters. The lowest BCUT2D eigenvalue weighted by Gasteiger charge is -2.32. The van der Waals surface area contributed by atoms with Crippen LogP contribution in [0.4, 0.5) is 5.69 Å². The molecule has 6 N–H and O–H groups in total. The number of anilines is 1. The number of phenolic OH excluding ortho intramolecular Hbond substituents is 2. The molecule has 10 nitrogen and oxygen atoms in total. The molecule has 1 saturated carbocycles. The fourth-order valence-electron chi connectivity index (χ4n) is 7.81. The van der Waals surface area contributed by atoms with Crippen LogP contribution >= 0.6 is 21.6 Å². The maximum atomic E-state index is 14.0. The van der Waals surface area contributed by atoms with Gasteiger partial charge in [0.05, 0.1) is 32.5 Å². The third-order valence-electron chi connectivity index (χ3n) is 10.8. The molecule has 1 aliphatic carbocycles. The fraction of sp³-hybridized carbons (Fsp3) is 0.455. The molecule has 0 amide bonds. The molecule has 1 aliphatic heterocycles. The first-order valence-corrected chi connectivity index (χ1v) is 22.1. The van der Waals surface area contributed by atoms with Crippen molar-refractivity contribution in [3.63, 3.8) is 0 Å². The number of nitrogens with one attached hydrogen (secondary N) is 2. The number of phenols is 2. The van der Waals surface area contributed by atoms with Crippen LogP contribution in [0.5, 0.6) is 17.2 Å². The van der Waals surface area contributed by atoms with E-state index in [2.05, 4.69) is 10.6 Å². The van der Waals surface area contributed by atoms with Crippen molar-refractivity contribution in [1.29, 1.82) is 0 Å². The molecule has 0 radical (unpaired) electrons. The van der Waals surface area contributed by atoms with Crippen molar-refractivity contribution in [3.05, 3.63) is 82.9 Å². The number of aromatic hydroxyl groups is 2. The molecule has 2 aliphatic rings. The van der Waals surface area contributed by atoms with E-state index in [1.165, 1.54) is 20.5 Å². The highest BCUT2D eigenvalue weighted by molar-refractivity contribution is 8.76. The molecule has 1 fully saturated rings. The summed E-state index contributed by atoms with van der Waals surface area (Å²) in [5, 5.41) is 51.6. The summed E-state index contributed by atoms with van der Waals surface area (Å²) in [6.45, 7) is 1.44. The highest BCUT2D eigenvalue weighted by Crippen LogP contribution is 2.46. The summed E-state index contributed by atoms with van der Waals surface area (Å²) in [4.78, 5) is 25.7. The van der Waals surface area contributed by atoms with E-state index < -0.39 is 18.4 Å². The lowest BCUT2D eigenvalue weighted by Crippen LogP contribution is -2.38. The van der Waals surface area contributed by atoms with Gasteiger partial charge in [-0.15, -0.1) is 0 Å². The van der Waals surface area contributed by atoms with E-state index in [0.29, 0.717) is 53.3 Å². The van der Waals surface area contributed by atoms with Crippen molar-refractivity contribution in [3.8, 4) is 28.4 Å². The van der Waals surface area contributed by atoms with Crippen LogP contribution in [0.3, 0.4) is 0 Å².